The Hall–Kier alpha value is -0.280. The van der Waals surface area contributed by atoms with Gasteiger partial charge in [-0.1, -0.05) is 0 Å². The molecule has 1 aliphatic heterocycles. The zero-order valence-corrected chi connectivity index (χ0v) is 8.44. The lowest BCUT2D eigenvalue weighted by Crippen LogP contribution is -2.48. The van der Waals surface area contributed by atoms with Crippen LogP contribution in [-0.4, -0.2) is 23.1 Å². The van der Waals surface area contributed by atoms with Gasteiger partial charge in [0.1, 0.15) is 0 Å². The Labute approximate surface area is 84.8 Å². The highest BCUT2D eigenvalue weighted by Crippen LogP contribution is 2.30. The number of amidine groups is 1. The second kappa shape index (κ2) is 4.29. The maximum atomic E-state index is 9.43. The molecule has 3 nitrogen and oxygen atoms in total. The summed E-state index contributed by atoms with van der Waals surface area (Å²) >= 11 is 0. The van der Waals surface area contributed by atoms with E-state index in [2.05, 4.69) is 5.32 Å². The Kier molecular flexibility index (Phi) is 3.56. The molecule has 0 spiro atoms. The number of aliphatic hydroxyl groups excluding tert-OH is 1. The lowest BCUT2D eigenvalue weighted by atomic mass is 9.78. The van der Waals surface area contributed by atoms with Crippen molar-refractivity contribution < 1.29 is 5.11 Å². The maximum Gasteiger partial charge on any atom is 0.0933 e. The number of rotatable bonds is 0. The van der Waals surface area contributed by atoms with E-state index in [-0.39, 0.29) is 18.5 Å². The van der Waals surface area contributed by atoms with Crippen molar-refractivity contribution >= 4 is 18.2 Å². The molecule has 3 atom stereocenters. The topological polar surface area (TPSA) is 56.1 Å². The zero-order chi connectivity index (χ0) is 8.55. The Morgan fingerprint density at radius 3 is 2.85 bits per heavy atom. The second-order valence-electron chi connectivity index (χ2n) is 4.00. The van der Waals surface area contributed by atoms with E-state index < -0.39 is 0 Å². The van der Waals surface area contributed by atoms with Crippen LogP contribution in [-0.2, 0) is 0 Å². The molecule has 4 heteroatoms. The summed E-state index contributed by atoms with van der Waals surface area (Å²) in [5.41, 5.74) is 0. The Morgan fingerprint density at radius 2 is 2.08 bits per heavy atom. The van der Waals surface area contributed by atoms with Crippen LogP contribution in [0.4, 0.5) is 0 Å². The van der Waals surface area contributed by atoms with E-state index in [1.807, 2.05) is 0 Å². The third-order valence-corrected chi connectivity index (χ3v) is 3.08. The van der Waals surface area contributed by atoms with Crippen LogP contribution in [0.25, 0.3) is 0 Å². The molecule has 0 aromatic rings. The highest BCUT2D eigenvalue weighted by molar-refractivity contribution is 5.85. The van der Waals surface area contributed by atoms with Gasteiger partial charge in [-0.05, 0) is 31.6 Å². The second-order valence-corrected chi connectivity index (χ2v) is 4.00. The summed E-state index contributed by atoms with van der Waals surface area (Å²) in [5.74, 6) is 1.30. The number of aliphatic hydroxyl groups is 1. The van der Waals surface area contributed by atoms with E-state index in [0.29, 0.717) is 17.8 Å². The van der Waals surface area contributed by atoms with E-state index in [0.717, 1.165) is 32.1 Å². The quantitative estimate of drug-likeness (QED) is 0.557. The smallest absolute Gasteiger partial charge is 0.0933 e. The summed E-state index contributed by atoms with van der Waals surface area (Å²) in [6.07, 6.45) is 4.75. The van der Waals surface area contributed by atoms with Gasteiger partial charge in [-0.15, -0.1) is 12.4 Å². The molecular weight excluding hydrogens is 188 g/mol. The summed E-state index contributed by atoms with van der Waals surface area (Å²) in [5, 5.41) is 20.1. The Balaban J connectivity index is 0.000000845. The average Bonchev–Trinajstić information content (AvgIpc) is 2.05. The third kappa shape index (κ3) is 2.35. The van der Waals surface area contributed by atoms with Crippen LogP contribution in [0.3, 0.4) is 0 Å². The fourth-order valence-electron chi connectivity index (χ4n) is 2.37. The number of nitrogens with one attached hydrogen (secondary N) is 2. The summed E-state index contributed by atoms with van der Waals surface area (Å²) in [6, 6.07) is 0.481. The fourth-order valence-corrected chi connectivity index (χ4v) is 2.37. The molecule has 0 amide bonds. The van der Waals surface area contributed by atoms with Crippen LogP contribution in [0.2, 0.25) is 0 Å². The van der Waals surface area contributed by atoms with Gasteiger partial charge in [-0.25, -0.2) is 0 Å². The fraction of sp³-hybridized carbons (Fsp3) is 0.889. The number of hydrogen-bond donors (Lipinski definition) is 3. The van der Waals surface area contributed by atoms with Gasteiger partial charge in [0, 0.05) is 12.5 Å². The summed E-state index contributed by atoms with van der Waals surface area (Å²) in [4.78, 5) is 0. The molecule has 1 unspecified atom stereocenters. The van der Waals surface area contributed by atoms with Gasteiger partial charge >= 0.3 is 0 Å². The van der Waals surface area contributed by atoms with Crippen LogP contribution < -0.4 is 5.32 Å². The first kappa shape index (κ1) is 10.8. The minimum atomic E-state index is -0.0830. The van der Waals surface area contributed by atoms with Crippen LogP contribution in [0.15, 0.2) is 0 Å². The van der Waals surface area contributed by atoms with Crippen molar-refractivity contribution in [3.05, 3.63) is 0 Å². The molecule has 0 radical (unpaired) electrons. The van der Waals surface area contributed by atoms with Gasteiger partial charge in [-0.2, -0.15) is 0 Å². The largest absolute Gasteiger partial charge is 0.393 e. The molecule has 1 saturated carbocycles. The molecule has 1 aliphatic carbocycles. The van der Waals surface area contributed by atoms with Gasteiger partial charge in [0.05, 0.1) is 11.9 Å². The zero-order valence-electron chi connectivity index (χ0n) is 7.62. The summed E-state index contributed by atoms with van der Waals surface area (Å²) < 4.78 is 0. The molecule has 0 aromatic carbocycles. The molecule has 13 heavy (non-hydrogen) atoms. The lowest BCUT2D eigenvalue weighted by Gasteiger charge is -2.38. The van der Waals surface area contributed by atoms with Crippen molar-refractivity contribution in [2.24, 2.45) is 5.92 Å². The van der Waals surface area contributed by atoms with E-state index in [4.69, 9.17) is 5.41 Å². The first-order valence-electron chi connectivity index (χ1n) is 4.78. The lowest BCUT2D eigenvalue weighted by molar-refractivity contribution is 0.0792. The van der Waals surface area contributed by atoms with Crippen LogP contribution in [0.1, 0.15) is 32.1 Å². The molecule has 0 bridgehead atoms. The van der Waals surface area contributed by atoms with Crippen molar-refractivity contribution in [1.29, 1.82) is 5.41 Å². The van der Waals surface area contributed by atoms with Gasteiger partial charge < -0.3 is 10.4 Å². The SMILES string of the molecule is Cl.N=C1CC[C@H]2CC(O)CC[C@H]2N1. The first-order valence-corrected chi connectivity index (χ1v) is 4.78. The van der Waals surface area contributed by atoms with E-state index in [1.165, 1.54) is 0 Å². The number of hydrogen-bond acceptors (Lipinski definition) is 2. The Bertz CT molecular complexity index is 198. The van der Waals surface area contributed by atoms with Crippen molar-refractivity contribution in [2.45, 2.75) is 44.2 Å². The Morgan fingerprint density at radius 1 is 1.31 bits per heavy atom. The van der Waals surface area contributed by atoms with Crippen molar-refractivity contribution in [3.8, 4) is 0 Å². The van der Waals surface area contributed by atoms with Crippen LogP contribution >= 0.6 is 12.4 Å². The number of piperidine rings is 1. The van der Waals surface area contributed by atoms with E-state index in [1.54, 1.807) is 0 Å². The highest BCUT2D eigenvalue weighted by Gasteiger charge is 2.32. The predicted octanol–water partition coefficient (Wildman–Crippen LogP) is 1.30. The molecule has 2 rings (SSSR count). The van der Waals surface area contributed by atoms with Gasteiger partial charge in [0.25, 0.3) is 0 Å². The van der Waals surface area contributed by atoms with E-state index in [9.17, 15) is 5.11 Å². The molecular formula is C9H17ClN2O. The maximum absolute atomic E-state index is 9.43. The monoisotopic (exact) mass is 204 g/mol. The van der Waals surface area contributed by atoms with Crippen molar-refractivity contribution in [3.63, 3.8) is 0 Å². The molecule has 3 N–H and O–H groups in total. The molecule has 0 aromatic heterocycles. The standard InChI is InChI=1S/C9H16N2O.ClH/c10-9-4-1-6-5-7(12)2-3-8(6)11-9;/h6-8,12H,1-5H2,(H2,10,11);1H/t6-,7?,8+;/m0./s1. The average molecular weight is 205 g/mol. The third-order valence-electron chi connectivity index (χ3n) is 3.08. The predicted molar refractivity (Wildman–Crippen MR) is 54.5 cm³/mol. The molecule has 2 fully saturated rings. The molecule has 1 saturated heterocycles. The molecule has 76 valence electrons. The normalized spacial score (nSPS) is 38.5. The summed E-state index contributed by atoms with van der Waals surface area (Å²) in [7, 11) is 0. The van der Waals surface area contributed by atoms with Gasteiger partial charge in [-0.3, -0.25) is 5.41 Å². The molecule has 1 heterocycles. The van der Waals surface area contributed by atoms with Crippen molar-refractivity contribution in [2.75, 3.05) is 0 Å². The van der Waals surface area contributed by atoms with Gasteiger partial charge in [0.15, 0.2) is 0 Å². The summed E-state index contributed by atoms with van der Waals surface area (Å²) in [6.45, 7) is 0. The van der Waals surface area contributed by atoms with Crippen LogP contribution in [0, 0.1) is 11.3 Å². The number of halogens is 1. The highest BCUT2D eigenvalue weighted by atomic mass is 35.5. The minimum Gasteiger partial charge on any atom is -0.393 e. The minimum absolute atomic E-state index is 0. The molecule has 2 aliphatic rings. The van der Waals surface area contributed by atoms with Gasteiger partial charge in [0.2, 0.25) is 0 Å². The number of fused-ring (bicyclic) bond motifs is 1. The van der Waals surface area contributed by atoms with Crippen molar-refractivity contribution in [1.82, 2.24) is 5.32 Å². The van der Waals surface area contributed by atoms with E-state index >= 15 is 0 Å². The van der Waals surface area contributed by atoms with Crippen LogP contribution in [0.5, 0.6) is 0 Å². The first-order chi connectivity index (χ1) is 5.75.